The van der Waals surface area contributed by atoms with Crippen molar-refractivity contribution in [2.45, 2.75) is 31.0 Å². The van der Waals surface area contributed by atoms with Gasteiger partial charge in [-0.25, -0.2) is 0 Å². The third-order valence-corrected chi connectivity index (χ3v) is 3.78. The Labute approximate surface area is 122 Å². The van der Waals surface area contributed by atoms with Gasteiger partial charge in [-0.3, -0.25) is 4.68 Å². The molecule has 0 amide bonds. The molecular weight excluding hydrogens is 274 g/mol. The van der Waals surface area contributed by atoms with Gasteiger partial charge in [-0.1, -0.05) is 0 Å². The van der Waals surface area contributed by atoms with Crippen LogP contribution in [0.2, 0.25) is 0 Å². The number of hydrogen-bond donors (Lipinski definition) is 1. The summed E-state index contributed by atoms with van der Waals surface area (Å²) >= 11 is 1.43. The molecule has 0 aromatic carbocycles. The molecule has 8 heteroatoms. The number of nitrogens with zero attached hydrogens (tertiary/aromatic N) is 6. The molecule has 0 bridgehead atoms. The van der Waals surface area contributed by atoms with Gasteiger partial charge in [-0.05, 0) is 38.6 Å². The zero-order chi connectivity index (χ0) is 14.7. The van der Waals surface area contributed by atoms with Crippen LogP contribution in [-0.4, -0.2) is 37.8 Å². The van der Waals surface area contributed by atoms with Crippen LogP contribution in [0.5, 0.6) is 0 Å². The highest BCUT2D eigenvalue weighted by molar-refractivity contribution is 7.99. The van der Waals surface area contributed by atoms with Crippen LogP contribution >= 0.6 is 11.8 Å². The fourth-order valence-electron chi connectivity index (χ4n) is 1.83. The first-order chi connectivity index (χ1) is 9.53. The predicted molar refractivity (Wildman–Crippen MR) is 79.9 cm³/mol. The number of nitrogens with two attached hydrogens (primary N) is 1. The Bertz CT molecular complexity index is 591. The zero-order valence-electron chi connectivity index (χ0n) is 12.2. The molecule has 7 nitrogen and oxygen atoms in total. The fourth-order valence-corrected chi connectivity index (χ4v) is 2.69. The lowest BCUT2D eigenvalue weighted by Gasteiger charge is -2.18. The number of nitrogen functional groups attached to an aromatic ring is 1. The Balaban J connectivity index is 2.30. The van der Waals surface area contributed by atoms with Gasteiger partial charge in [-0.15, -0.1) is 0 Å². The Hall–Kier alpha value is -1.83. The number of hydrogen-bond acceptors (Lipinski definition) is 7. The van der Waals surface area contributed by atoms with Crippen molar-refractivity contribution in [1.29, 1.82) is 0 Å². The zero-order valence-corrected chi connectivity index (χ0v) is 13.0. The smallest absolute Gasteiger partial charge is 0.231 e. The molecule has 108 valence electrons. The molecule has 0 radical (unpaired) electrons. The first-order valence-corrected chi connectivity index (χ1v) is 7.30. The molecule has 2 heterocycles. The van der Waals surface area contributed by atoms with Gasteiger partial charge in [0.15, 0.2) is 0 Å². The van der Waals surface area contributed by atoms with E-state index in [1.165, 1.54) is 11.8 Å². The maximum Gasteiger partial charge on any atom is 0.231 e. The minimum atomic E-state index is 0.239. The van der Waals surface area contributed by atoms with Gasteiger partial charge in [0.25, 0.3) is 0 Å². The highest BCUT2D eigenvalue weighted by Crippen LogP contribution is 2.26. The summed E-state index contributed by atoms with van der Waals surface area (Å²) in [5.41, 5.74) is 6.74. The molecular formula is C12H19N7S. The lowest BCUT2D eigenvalue weighted by Crippen LogP contribution is -2.25. The van der Waals surface area contributed by atoms with E-state index in [-0.39, 0.29) is 5.95 Å². The molecule has 0 aliphatic rings. The second-order valence-corrected chi connectivity index (χ2v) is 5.29. The lowest BCUT2D eigenvalue weighted by atomic mass is 10.5. The van der Waals surface area contributed by atoms with Crippen LogP contribution in [0.15, 0.2) is 16.2 Å². The topological polar surface area (TPSA) is 85.8 Å². The quantitative estimate of drug-likeness (QED) is 0.893. The molecule has 0 saturated carbocycles. The average Bonchev–Trinajstić information content (AvgIpc) is 2.68. The van der Waals surface area contributed by atoms with Crippen LogP contribution in [-0.2, 0) is 7.05 Å². The Morgan fingerprint density at radius 1 is 1.25 bits per heavy atom. The second kappa shape index (κ2) is 6.08. The van der Waals surface area contributed by atoms with E-state index in [9.17, 15) is 0 Å². The van der Waals surface area contributed by atoms with Crippen molar-refractivity contribution in [3.05, 3.63) is 11.8 Å². The summed E-state index contributed by atoms with van der Waals surface area (Å²) in [5, 5.41) is 5.86. The van der Waals surface area contributed by atoms with Crippen LogP contribution in [0.1, 0.15) is 19.5 Å². The van der Waals surface area contributed by atoms with Crippen molar-refractivity contribution in [1.82, 2.24) is 24.7 Å². The van der Waals surface area contributed by atoms with Gasteiger partial charge in [0.2, 0.25) is 17.1 Å². The van der Waals surface area contributed by atoms with E-state index < -0.39 is 0 Å². The van der Waals surface area contributed by atoms with Crippen LogP contribution in [0.25, 0.3) is 0 Å². The highest BCUT2D eigenvalue weighted by atomic mass is 32.2. The Kier molecular flexibility index (Phi) is 4.43. The molecule has 2 aromatic rings. The Morgan fingerprint density at radius 2 is 1.95 bits per heavy atom. The molecule has 20 heavy (non-hydrogen) atoms. The van der Waals surface area contributed by atoms with Crippen LogP contribution in [0.3, 0.4) is 0 Å². The molecule has 0 saturated heterocycles. The standard InChI is InChI=1S/C12H19N7S/c1-5-19(6-2)11-14-10(13)15-12(16-11)20-9-7-8(3)17-18(9)4/h7H,5-6H2,1-4H3,(H2,13,14,15,16). The molecule has 0 aliphatic carbocycles. The highest BCUT2D eigenvalue weighted by Gasteiger charge is 2.12. The summed E-state index contributed by atoms with van der Waals surface area (Å²) in [6, 6.07) is 1.99. The van der Waals surface area contributed by atoms with Crippen LogP contribution in [0.4, 0.5) is 11.9 Å². The summed E-state index contributed by atoms with van der Waals surface area (Å²) in [6.07, 6.45) is 0. The summed E-state index contributed by atoms with van der Waals surface area (Å²) in [6.45, 7) is 7.72. The van der Waals surface area contributed by atoms with E-state index in [0.29, 0.717) is 11.1 Å². The minimum absolute atomic E-state index is 0.239. The predicted octanol–water partition coefficient (Wildman–Crippen LogP) is 1.49. The summed E-state index contributed by atoms with van der Waals surface area (Å²) in [5.74, 6) is 0.854. The molecule has 0 unspecified atom stereocenters. The third-order valence-electron chi connectivity index (χ3n) is 2.82. The van der Waals surface area contributed by atoms with Crippen LogP contribution < -0.4 is 10.6 Å². The first-order valence-electron chi connectivity index (χ1n) is 6.48. The normalized spacial score (nSPS) is 10.8. The summed E-state index contributed by atoms with van der Waals surface area (Å²) in [4.78, 5) is 14.9. The molecule has 2 rings (SSSR count). The van der Waals surface area contributed by atoms with Crippen molar-refractivity contribution >= 4 is 23.7 Å². The van der Waals surface area contributed by atoms with E-state index in [0.717, 1.165) is 23.8 Å². The van der Waals surface area contributed by atoms with E-state index in [1.807, 2.05) is 24.9 Å². The lowest BCUT2D eigenvalue weighted by molar-refractivity contribution is 0.690. The van der Waals surface area contributed by atoms with E-state index in [4.69, 9.17) is 5.73 Å². The van der Waals surface area contributed by atoms with E-state index >= 15 is 0 Å². The van der Waals surface area contributed by atoms with Crippen molar-refractivity contribution in [3.8, 4) is 0 Å². The molecule has 0 aliphatic heterocycles. The maximum atomic E-state index is 5.78. The van der Waals surface area contributed by atoms with E-state index in [2.05, 4.69) is 33.9 Å². The SMILES string of the molecule is CCN(CC)c1nc(N)nc(Sc2cc(C)nn2C)n1. The molecule has 2 N–H and O–H groups in total. The van der Waals surface area contributed by atoms with Crippen LogP contribution in [0, 0.1) is 6.92 Å². The number of aromatic nitrogens is 5. The van der Waals surface area contributed by atoms with Gasteiger partial charge in [0.05, 0.1) is 5.69 Å². The van der Waals surface area contributed by atoms with Crippen molar-refractivity contribution in [3.63, 3.8) is 0 Å². The number of anilines is 2. The van der Waals surface area contributed by atoms with Gasteiger partial charge in [0, 0.05) is 20.1 Å². The average molecular weight is 293 g/mol. The third kappa shape index (κ3) is 3.19. The maximum absolute atomic E-state index is 5.78. The molecule has 0 fully saturated rings. The van der Waals surface area contributed by atoms with E-state index in [1.54, 1.807) is 4.68 Å². The Morgan fingerprint density at radius 3 is 2.50 bits per heavy atom. The van der Waals surface area contributed by atoms with Crippen molar-refractivity contribution in [2.24, 2.45) is 7.05 Å². The molecule has 2 aromatic heterocycles. The van der Waals surface area contributed by atoms with Crippen molar-refractivity contribution < 1.29 is 0 Å². The molecule has 0 spiro atoms. The monoisotopic (exact) mass is 293 g/mol. The summed E-state index contributed by atoms with van der Waals surface area (Å²) < 4.78 is 1.80. The number of rotatable bonds is 5. The largest absolute Gasteiger partial charge is 0.368 e. The summed E-state index contributed by atoms with van der Waals surface area (Å²) in [7, 11) is 1.89. The minimum Gasteiger partial charge on any atom is -0.368 e. The van der Waals surface area contributed by atoms with Crippen molar-refractivity contribution in [2.75, 3.05) is 23.7 Å². The fraction of sp³-hybridized carbons (Fsp3) is 0.500. The number of aryl methyl sites for hydroxylation is 2. The first kappa shape index (κ1) is 14.6. The van der Waals surface area contributed by atoms with Gasteiger partial charge < -0.3 is 10.6 Å². The van der Waals surface area contributed by atoms with Gasteiger partial charge >= 0.3 is 0 Å². The molecule has 0 atom stereocenters. The second-order valence-electron chi connectivity index (χ2n) is 4.30. The van der Waals surface area contributed by atoms with Gasteiger partial charge in [0.1, 0.15) is 5.03 Å². The van der Waals surface area contributed by atoms with Gasteiger partial charge in [-0.2, -0.15) is 20.1 Å².